The number of benzene rings is 1. The van der Waals surface area contributed by atoms with Crippen molar-refractivity contribution in [2.45, 2.75) is 18.9 Å². The third-order valence-corrected chi connectivity index (χ3v) is 5.20. The highest BCUT2D eigenvalue weighted by atomic mass is 16.5. The number of ether oxygens (including phenoxy) is 1. The zero-order chi connectivity index (χ0) is 17.6. The van der Waals surface area contributed by atoms with Crippen LogP contribution in [0.15, 0.2) is 24.3 Å². The molecule has 0 bridgehead atoms. The van der Waals surface area contributed by atoms with Crippen LogP contribution in [0.4, 0.5) is 0 Å². The number of aliphatic hydroxyl groups is 1. The van der Waals surface area contributed by atoms with Crippen molar-refractivity contribution in [3.63, 3.8) is 0 Å². The molecule has 2 heterocycles. The lowest BCUT2D eigenvalue weighted by molar-refractivity contribution is 0.0187. The van der Waals surface area contributed by atoms with Gasteiger partial charge in [0.1, 0.15) is 0 Å². The lowest BCUT2D eigenvalue weighted by Gasteiger charge is -2.37. The normalized spacial score (nSPS) is 24.1. The summed E-state index contributed by atoms with van der Waals surface area (Å²) in [4.78, 5) is 15.7. The highest BCUT2D eigenvalue weighted by molar-refractivity contribution is 5.87. The minimum Gasteiger partial charge on any atom is -0.478 e. The standard InChI is InChI=1S/C19H28N2O4/c22-18(16-3-5-17(6-4-16)19(23)24)14-21-7-1-2-15(13-21)12-20-8-10-25-11-9-20/h3-6,15,18,22H,1-2,7-14H2,(H,23,24)/t15-,18?/m0/s1. The van der Waals surface area contributed by atoms with Gasteiger partial charge >= 0.3 is 5.97 Å². The number of β-amino-alcohol motifs (C(OH)–C–C–N with tert-alkyl or cyclic N) is 1. The Morgan fingerprint density at radius 3 is 2.56 bits per heavy atom. The van der Waals surface area contributed by atoms with Crippen LogP contribution in [0, 0.1) is 5.92 Å². The Hall–Kier alpha value is -1.47. The molecule has 1 unspecified atom stereocenters. The maximum atomic E-state index is 10.9. The van der Waals surface area contributed by atoms with Crippen LogP contribution >= 0.6 is 0 Å². The minimum absolute atomic E-state index is 0.250. The molecule has 1 aromatic rings. The number of hydrogen-bond acceptors (Lipinski definition) is 5. The Labute approximate surface area is 149 Å². The van der Waals surface area contributed by atoms with E-state index in [1.807, 2.05) is 0 Å². The highest BCUT2D eigenvalue weighted by Crippen LogP contribution is 2.22. The first-order valence-corrected chi connectivity index (χ1v) is 9.15. The number of nitrogens with zero attached hydrogens (tertiary/aromatic N) is 2. The number of aliphatic hydroxyl groups excluding tert-OH is 1. The molecular formula is C19H28N2O4. The summed E-state index contributed by atoms with van der Waals surface area (Å²) in [5.41, 5.74) is 1.03. The van der Waals surface area contributed by atoms with Crippen molar-refractivity contribution in [2.75, 3.05) is 52.5 Å². The van der Waals surface area contributed by atoms with Crippen LogP contribution in [0.1, 0.15) is 34.9 Å². The molecule has 2 atom stereocenters. The van der Waals surface area contributed by atoms with E-state index in [-0.39, 0.29) is 5.56 Å². The Morgan fingerprint density at radius 1 is 1.16 bits per heavy atom. The summed E-state index contributed by atoms with van der Waals surface area (Å²) in [5, 5.41) is 19.5. The van der Waals surface area contributed by atoms with Crippen molar-refractivity contribution >= 4 is 5.97 Å². The first-order valence-electron chi connectivity index (χ1n) is 9.15. The summed E-state index contributed by atoms with van der Waals surface area (Å²) in [5.74, 6) is -0.295. The SMILES string of the molecule is O=C(O)c1ccc(C(O)CN2CCC[C@@H](CN3CCOCC3)C2)cc1. The van der Waals surface area contributed by atoms with E-state index < -0.39 is 12.1 Å². The van der Waals surface area contributed by atoms with Gasteiger partial charge in [-0.3, -0.25) is 4.90 Å². The average molecular weight is 348 g/mol. The minimum atomic E-state index is -0.942. The Kier molecular flexibility index (Phi) is 6.42. The van der Waals surface area contributed by atoms with Gasteiger partial charge < -0.3 is 19.8 Å². The summed E-state index contributed by atoms with van der Waals surface area (Å²) < 4.78 is 5.41. The summed E-state index contributed by atoms with van der Waals surface area (Å²) in [6.07, 6.45) is 1.83. The maximum Gasteiger partial charge on any atom is 0.335 e. The molecule has 25 heavy (non-hydrogen) atoms. The molecule has 0 saturated carbocycles. The molecule has 6 nitrogen and oxygen atoms in total. The smallest absolute Gasteiger partial charge is 0.335 e. The van der Waals surface area contributed by atoms with Crippen molar-refractivity contribution in [2.24, 2.45) is 5.92 Å². The van der Waals surface area contributed by atoms with Crippen LogP contribution in [-0.2, 0) is 4.74 Å². The van der Waals surface area contributed by atoms with Crippen LogP contribution in [0.3, 0.4) is 0 Å². The molecule has 2 saturated heterocycles. The Balaban J connectivity index is 1.50. The molecule has 0 radical (unpaired) electrons. The summed E-state index contributed by atoms with van der Waals surface area (Å²) >= 11 is 0. The molecule has 1 aromatic carbocycles. The number of rotatable bonds is 6. The first-order chi connectivity index (χ1) is 12.1. The van der Waals surface area contributed by atoms with Crippen molar-refractivity contribution in [3.8, 4) is 0 Å². The van der Waals surface area contributed by atoms with Gasteiger partial charge in [-0.05, 0) is 43.0 Å². The predicted molar refractivity (Wildman–Crippen MR) is 94.8 cm³/mol. The van der Waals surface area contributed by atoms with Crippen molar-refractivity contribution in [1.29, 1.82) is 0 Å². The van der Waals surface area contributed by atoms with Gasteiger partial charge in [-0.1, -0.05) is 12.1 Å². The quantitative estimate of drug-likeness (QED) is 0.811. The van der Waals surface area contributed by atoms with Gasteiger partial charge in [0.15, 0.2) is 0 Å². The number of morpholine rings is 1. The third kappa shape index (κ3) is 5.25. The average Bonchev–Trinajstić information content (AvgIpc) is 2.63. The van der Waals surface area contributed by atoms with Crippen molar-refractivity contribution in [3.05, 3.63) is 35.4 Å². The zero-order valence-corrected chi connectivity index (χ0v) is 14.6. The van der Waals surface area contributed by atoms with Gasteiger partial charge in [0.2, 0.25) is 0 Å². The molecule has 2 fully saturated rings. The second kappa shape index (κ2) is 8.76. The van der Waals surface area contributed by atoms with Gasteiger partial charge in [-0.2, -0.15) is 0 Å². The number of likely N-dealkylation sites (tertiary alicyclic amines) is 1. The Bertz CT molecular complexity index is 557. The van der Waals surface area contributed by atoms with Gasteiger partial charge in [-0.25, -0.2) is 4.79 Å². The summed E-state index contributed by atoms with van der Waals surface area (Å²) in [7, 11) is 0. The number of aromatic carboxylic acids is 1. The summed E-state index contributed by atoms with van der Waals surface area (Å²) in [6.45, 7) is 7.47. The predicted octanol–water partition coefficient (Wildman–Crippen LogP) is 1.46. The number of hydrogen-bond donors (Lipinski definition) is 2. The lowest BCUT2D eigenvalue weighted by atomic mass is 9.96. The van der Waals surface area contributed by atoms with Crippen molar-refractivity contribution in [1.82, 2.24) is 9.80 Å². The van der Waals surface area contributed by atoms with Crippen LogP contribution in [0.5, 0.6) is 0 Å². The summed E-state index contributed by atoms with van der Waals surface area (Å²) in [6, 6.07) is 6.53. The van der Waals surface area contributed by atoms with E-state index in [2.05, 4.69) is 9.80 Å². The monoisotopic (exact) mass is 348 g/mol. The van der Waals surface area contributed by atoms with Gasteiger partial charge in [0.05, 0.1) is 24.9 Å². The fourth-order valence-electron chi connectivity index (χ4n) is 3.81. The largest absolute Gasteiger partial charge is 0.478 e. The topological polar surface area (TPSA) is 73.2 Å². The molecule has 0 spiro atoms. The van der Waals surface area contributed by atoms with E-state index in [1.165, 1.54) is 12.8 Å². The van der Waals surface area contributed by atoms with Gasteiger partial charge in [0, 0.05) is 32.7 Å². The lowest BCUT2D eigenvalue weighted by Crippen LogP contribution is -2.45. The van der Waals surface area contributed by atoms with E-state index in [9.17, 15) is 9.90 Å². The molecule has 0 aromatic heterocycles. The molecule has 6 heteroatoms. The molecule has 2 aliphatic rings. The van der Waals surface area contributed by atoms with E-state index >= 15 is 0 Å². The molecule has 2 aliphatic heterocycles. The molecule has 0 aliphatic carbocycles. The second-order valence-corrected chi connectivity index (χ2v) is 7.12. The number of carboxylic acid groups (broad SMARTS) is 1. The van der Waals surface area contributed by atoms with E-state index in [1.54, 1.807) is 24.3 Å². The van der Waals surface area contributed by atoms with Crippen LogP contribution < -0.4 is 0 Å². The van der Waals surface area contributed by atoms with E-state index in [0.29, 0.717) is 12.5 Å². The first kappa shape index (κ1) is 18.3. The van der Waals surface area contributed by atoms with Gasteiger partial charge in [-0.15, -0.1) is 0 Å². The number of carboxylic acids is 1. The van der Waals surface area contributed by atoms with Crippen molar-refractivity contribution < 1.29 is 19.7 Å². The van der Waals surface area contributed by atoms with E-state index in [4.69, 9.17) is 9.84 Å². The molecular weight excluding hydrogens is 320 g/mol. The number of carbonyl (C=O) groups is 1. The van der Waals surface area contributed by atoms with Crippen LogP contribution in [0.2, 0.25) is 0 Å². The molecule has 2 N–H and O–H groups in total. The van der Waals surface area contributed by atoms with Crippen LogP contribution in [-0.4, -0.2) is 78.5 Å². The van der Waals surface area contributed by atoms with Crippen LogP contribution in [0.25, 0.3) is 0 Å². The molecule has 0 amide bonds. The van der Waals surface area contributed by atoms with E-state index in [0.717, 1.165) is 51.5 Å². The third-order valence-electron chi connectivity index (χ3n) is 5.20. The fourth-order valence-corrected chi connectivity index (χ4v) is 3.81. The highest BCUT2D eigenvalue weighted by Gasteiger charge is 2.24. The molecule has 138 valence electrons. The fraction of sp³-hybridized carbons (Fsp3) is 0.632. The zero-order valence-electron chi connectivity index (χ0n) is 14.6. The Morgan fingerprint density at radius 2 is 1.88 bits per heavy atom. The number of piperidine rings is 1. The molecule has 3 rings (SSSR count). The second-order valence-electron chi connectivity index (χ2n) is 7.12. The maximum absolute atomic E-state index is 10.9. The van der Waals surface area contributed by atoms with Gasteiger partial charge in [0.25, 0.3) is 0 Å².